The molecule has 0 saturated carbocycles. The van der Waals surface area contributed by atoms with Crippen LogP contribution < -0.4 is 4.74 Å². The summed E-state index contributed by atoms with van der Waals surface area (Å²) in [6.45, 7) is 11.7. The molecule has 0 N–H and O–H groups in total. The van der Waals surface area contributed by atoms with Crippen LogP contribution in [0.3, 0.4) is 0 Å². The molecular formula is C20H29ClN2O. The Labute approximate surface area is 151 Å². The first kappa shape index (κ1) is 18.9. The number of hydrogen-bond acceptors (Lipinski definition) is 2. The average molecular weight is 349 g/mol. The zero-order valence-electron chi connectivity index (χ0n) is 15.4. The van der Waals surface area contributed by atoms with E-state index in [9.17, 15) is 0 Å². The van der Waals surface area contributed by atoms with E-state index in [1.54, 1.807) is 0 Å². The van der Waals surface area contributed by atoms with E-state index in [0.29, 0.717) is 18.4 Å². The highest BCUT2D eigenvalue weighted by Crippen LogP contribution is 2.28. The lowest BCUT2D eigenvalue weighted by molar-refractivity contribution is 0.148. The van der Waals surface area contributed by atoms with Crippen LogP contribution in [-0.2, 0) is 6.54 Å². The van der Waals surface area contributed by atoms with Gasteiger partial charge in [0.15, 0.2) is 0 Å². The quantitative estimate of drug-likeness (QED) is 0.608. The van der Waals surface area contributed by atoms with Crippen molar-refractivity contribution < 1.29 is 4.74 Å². The number of aryl methyl sites for hydroxylation is 1. The van der Waals surface area contributed by atoms with Crippen molar-refractivity contribution in [2.24, 2.45) is 11.8 Å². The van der Waals surface area contributed by atoms with Crippen LogP contribution >= 0.6 is 11.6 Å². The standard InChI is InChI=1S/C20H29ClN2O/c1-14(2)10-19(11-15(3)4)24-20-7-6-18(21)12-17(20)13-23-16(5)8-9-22-23/h6-9,12,14-15,19H,10-11,13H2,1-5H3. The van der Waals surface area contributed by atoms with E-state index < -0.39 is 0 Å². The third kappa shape index (κ3) is 5.55. The Balaban J connectivity index is 2.23. The Morgan fingerprint density at radius 3 is 2.29 bits per heavy atom. The minimum Gasteiger partial charge on any atom is -0.490 e. The van der Waals surface area contributed by atoms with Gasteiger partial charge in [0.1, 0.15) is 5.75 Å². The molecule has 0 amide bonds. The molecule has 132 valence electrons. The maximum atomic E-state index is 6.41. The number of benzene rings is 1. The third-order valence-corrected chi connectivity index (χ3v) is 4.27. The van der Waals surface area contributed by atoms with Crippen LogP contribution in [-0.4, -0.2) is 15.9 Å². The lowest BCUT2D eigenvalue weighted by Gasteiger charge is -2.24. The fourth-order valence-corrected chi connectivity index (χ4v) is 3.13. The van der Waals surface area contributed by atoms with Crippen LogP contribution in [0.1, 0.15) is 51.8 Å². The number of nitrogens with zero attached hydrogens (tertiary/aromatic N) is 2. The lowest BCUT2D eigenvalue weighted by atomic mass is 9.98. The topological polar surface area (TPSA) is 27.1 Å². The van der Waals surface area contributed by atoms with E-state index in [2.05, 4.69) is 39.7 Å². The van der Waals surface area contributed by atoms with Gasteiger partial charge < -0.3 is 4.74 Å². The maximum Gasteiger partial charge on any atom is 0.124 e. The highest BCUT2D eigenvalue weighted by Gasteiger charge is 2.17. The minimum absolute atomic E-state index is 0.226. The molecule has 1 aromatic carbocycles. The summed E-state index contributed by atoms with van der Waals surface area (Å²) in [7, 11) is 0. The Bertz CT molecular complexity index is 639. The predicted octanol–water partition coefficient (Wildman–Crippen LogP) is 5.73. The smallest absolute Gasteiger partial charge is 0.124 e. The SMILES string of the molecule is Cc1ccnn1Cc1cc(Cl)ccc1OC(CC(C)C)CC(C)C. The molecule has 0 saturated heterocycles. The molecule has 0 fully saturated rings. The van der Waals surface area contributed by atoms with Gasteiger partial charge in [-0.25, -0.2) is 0 Å². The van der Waals surface area contributed by atoms with Gasteiger partial charge in [-0.1, -0.05) is 39.3 Å². The molecule has 0 bridgehead atoms. The molecule has 0 atom stereocenters. The van der Waals surface area contributed by atoms with Crippen molar-refractivity contribution in [2.45, 2.75) is 60.1 Å². The summed E-state index contributed by atoms with van der Waals surface area (Å²) in [5, 5.41) is 5.10. The summed E-state index contributed by atoms with van der Waals surface area (Å²) in [4.78, 5) is 0. The van der Waals surface area contributed by atoms with Crippen LogP contribution in [0, 0.1) is 18.8 Å². The molecule has 4 heteroatoms. The number of aromatic nitrogens is 2. The van der Waals surface area contributed by atoms with E-state index in [-0.39, 0.29) is 6.10 Å². The highest BCUT2D eigenvalue weighted by atomic mass is 35.5. The minimum atomic E-state index is 0.226. The van der Waals surface area contributed by atoms with Gasteiger partial charge in [0.2, 0.25) is 0 Å². The van der Waals surface area contributed by atoms with E-state index in [4.69, 9.17) is 16.3 Å². The van der Waals surface area contributed by atoms with Gasteiger partial charge in [-0.2, -0.15) is 5.10 Å². The van der Waals surface area contributed by atoms with Crippen LogP contribution in [0.2, 0.25) is 5.02 Å². The summed E-state index contributed by atoms with van der Waals surface area (Å²) < 4.78 is 8.38. The zero-order valence-corrected chi connectivity index (χ0v) is 16.2. The van der Waals surface area contributed by atoms with Crippen molar-refractivity contribution in [3.63, 3.8) is 0 Å². The van der Waals surface area contributed by atoms with E-state index in [0.717, 1.165) is 34.9 Å². The summed E-state index contributed by atoms with van der Waals surface area (Å²) >= 11 is 6.22. The van der Waals surface area contributed by atoms with Crippen molar-refractivity contribution in [3.8, 4) is 5.75 Å². The van der Waals surface area contributed by atoms with Gasteiger partial charge in [-0.3, -0.25) is 4.68 Å². The summed E-state index contributed by atoms with van der Waals surface area (Å²) in [6.07, 6.45) is 4.16. The predicted molar refractivity (Wildman–Crippen MR) is 101 cm³/mol. The zero-order chi connectivity index (χ0) is 17.7. The Morgan fingerprint density at radius 1 is 1.08 bits per heavy atom. The Morgan fingerprint density at radius 2 is 1.75 bits per heavy atom. The van der Waals surface area contributed by atoms with Gasteiger partial charge in [-0.05, 0) is 55.9 Å². The Kier molecular flexibility index (Phi) is 6.73. The second-order valence-electron chi connectivity index (χ2n) is 7.38. The molecule has 0 aliphatic heterocycles. The molecule has 1 aromatic heterocycles. The number of halogens is 1. The van der Waals surface area contributed by atoms with Crippen LogP contribution in [0.25, 0.3) is 0 Å². The van der Waals surface area contributed by atoms with Crippen LogP contribution in [0.4, 0.5) is 0 Å². The van der Waals surface area contributed by atoms with E-state index in [1.807, 2.05) is 35.1 Å². The molecule has 2 rings (SSSR count). The van der Waals surface area contributed by atoms with Crippen molar-refractivity contribution in [1.29, 1.82) is 0 Å². The van der Waals surface area contributed by atoms with Gasteiger partial charge in [0, 0.05) is 22.5 Å². The second kappa shape index (κ2) is 8.57. The van der Waals surface area contributed by atoms with Crippen molar-refractivity contribution >= 4 is 11.6 Å². The van der Waals surface area contributed by atoms with E-state index >= 15 is 0 Å². The first-order valence-corrected chi connectivity index (χ1v) is 9.16. The Hall–Kier alpha value is -1.48. The lowest BCUT2D eigenvalue weighted by Crippen LogP contribution is -2.22. The van der Waals surface area contributed by atoms with Gasteiger partial charge in [0.05, 0.1) is 12.6 Å². The first-order chi connectivity index (χ1) is 11.3. The number of hydrogen-bond donors (Lipinski definition) is 0. The monoisotopic (exact) mass is 348 g/mol. The fraction of sp³-hybridized carbons (Fsp3) is 0.550. The molecule has 0 unspecified atom stereocenters. The molecule has 0 radical (unpaired) electrons. The molecule has 0 spiro atoms. The van der Waals surface area contributed by atoms with Crippen LogP contribution in [0.15, 0.2) is 30.5 Å². The number of rotatable bonds is 8. The summed E-state index contributed by atoms with van der Waals surface area (Å²) in [6, 6.07) is 7.88. The third-order valence-electron chi connectivity index (χ3n) is 4.03. The van der Waals surface area contributed by atoms with Crippen LogP contribution in [0.5, 0.6) is 5.75 Å². The van der Waals surface area contributed by atoms with Crippen molar-refractivity contribution in [1.82, 2.24) is 9.78 Å². The maximum absolute atomic E-state index is 6.41. The second-order valence-corrected chi connectivity index (χ2v) is 7.82. The van der Waals surface area contributed by atoms with Crippen molar-refractivity contribution in [2.75, 3.05) is 0 Å². The average Bonchev–Trinajstić information content (AvgIpc) is 2.86. The largest absolute Gasteiger partial charge is 0.490 e. The first-order valence-electron chi connectivity index (χ1n) is 8.78. The normalized spacial score (nSPS) is 11.7. The van der Waals surface area contributed by atoms with E-state index in [1.165, 1.54) is 0 Å². The fourth-order valence-electron chi connectivity index (χ4n) is 2.94. The molecule has 3 nitrogen and oxygen atoms in total. The molecule has 1 heterocycles. The molecular weight excluding hydrogens is 320 g/mol. The highest BCUT2D eigenvalue weighted by molar-refractivity contribution is 6.30. The summed E-state index contributed by atoms with van der Waals surface area (Å²) in [5.74, 6) is 2.14. The molecule has 0 aliphatic rings. The molecule has 0 aliphatic carbocycles. The van der Waals surface area contributed by atoms with Crippen molar-refractivity contribution in [3.05, 3.63) is 46.7 Å². The van der Waals surface area contributed by atoms with Gasteiger partial charge in [-0.15, -0.1) is 0 Å². The van der Waals surface area contributed by atoms with Gasteiger partial charge in [0.25, 0.3) is 0 Å². The van der Waals surface area contributed by atoms with Gasteiger partial charge >= 0.3 is 0 Å². The summed E-state index contributed by atoms with van der Waals surface area (Å²) in [5.41, 5.74) is 2.20. The number of ether oxygens (including phenoxy) is 1. The molecule has 2 aromatic rings. The molecule has 24 heavy (non-hydrogen) atoms.